The van der Waals surface area contributed by atoms with E-state index in [-0.39, 0.29) is 32.1 Å². The van der Waals surface area contributed by atoms with Crippen LogP contribution in [0.5, 0.6) is 0 Å². The second-order valence-electron chi connectivity index (χ2n) is 6.13. The number of benzene rings is 1. The van der Waals surface area contributed by atoms with Gasteiger partial charge >= 0.3 is 17.7 Å². The molecule has 1 fully saturated rings. The minimum absolute atomic E-state index is 0.0549. The van der Waals surface area contributed by atoms with Crippen molar-refractivity contribution in [2.75, 3.05) is 19.7 Å². The lowest BCUT2D eigenvalue weighted by Crippen LogP contribution is -2.39. The maximum absolute atomic E-state index is 12.4. The lowest BCUT2D eigenvalue weighted by Gasteiger charge is -2.22. The van der Waals surface area contributed by atoms with Crippen LogP contribution in [0.1, 0.15) is 31.7 Å². The molecule has 1 aliphatic heterocycles. The molecule has 1 aromatic carbocycles. The van der Waals surface area contributed by atoms with Crippen molar-refractivity contribution in [1.29, 1.82) is 0 Å². The number of ether oxygens (including phenoxy) is 2. The number of carbonyl (C=O) groups excluding carboxylic acids is 3. The van der Waals surface area contributed by atoms with E-state index in [1.807, 2.05) is 35.2 Å². The Kier molecular flexibility index (Phi) is 7.85. The van der Waals surface area contributed by atoms with Crippen LogP contribution in [0.2, 0.25) is 0 Å². The number of esters is 2. The maximum Gasteiger partial charge on any atom is 0.441 e. The third-order valence-corrected chi connectivity index (χ3v) is 4.32. The molecule has 8 nitrogen and oxygen atoms in total. The predicted molar refractivity (Wildman–Crippen MR) is 95.7 cm³/mol. The summed E-state index contributed by atoms with van der Waals surface area (Å²) in [4.78, 5) is 40.7. The molecule has 1 aromatic rings. The highest BCUT2D eigenvalue weighted by molar-refractivity contribution is 6.62. The maximum atomic E-state index is 12.4. The van der Waals surface area contributed by atoms with E-state index in [2.05, 4.69) is 9.53 Å². The first-order chi connectivity index (χ1) is 13.1. The first-order valence-electron chi connectivity index (χ1n) is 8.93. The third-order valence-electron chi connectivity index (χ3n) is 4.32. The van der Waals surface area contributed by atoms with E-state index in [0.29, 0.717) is 13.0 Å². The second kappa shape index (κ2) is 10.4. The van der Waals surface area contributed by atoms with Gasteiger partial charge in [0.1, 0.15) is 12.6 Å². The molecule has 0 aromatic heterocycles. The first-order valence-corrected chi connectivity index (χ1v) is 8.93. The normalized spacial score (nSPS) is 16.4. The fraction of sp³-hybridized carbons (Fsp3) is 0.474. The van der Waals surface area contributed by atoms with Gasteiger partial charge in [0, 0.05) is 13.0 Å². The Morgan fingerprint density at radius 2 is 1.96 bits per heavy atom. The van der Waals surface area contributed by atoms with Crippen LogP contribution in [0.3, 0.4) is 0 Å². The summed E-state index contributed by atoms with van der Waals surface area (Å²) in [5.41, 5.74) is 9.16. The van der Waals surface area contributed by atoms with Crippen molar-refractivity contribution in [3.63, 3.8) is 0 Å². The number of Topliss-reactive ketones (excluding diaryl/α,β-unsaturated/α-hetero) is 1. The summed E-state index contributed by atoms with van der Waals surface area (Å²) in [7, 11) is 0. The summed E-state index contributed by atoms with van der Waals surface area (Å²) in [5, 5.41) is 0. The molecule has 27 heavy (non-hydrogen) atoms. The molecule has 1 saturated heterocycles. The standard InChI is InChI=1S/C19H23N3O5/c1-2-26-19(25)17(21-20)16(23)10-12-22-11-6-9-15(22)18(24)27-13-14-7-4-3-5-8-14/h3-5,7-8,15H,2,6,9-13H2,1H3/t15-/m0/s1. The fourth-order valence-corrected chi connectivity index (χ4v) is 2.96. The predicted octanol–water partition coefficient (Wildman–Crippen LogP) is 1.39. The molecule has 0 unspecified atom stereocenters. The van der Waals surface area contributed by atoms with Gasteiger partial charge in [-0.25, -0.2) is 4.79 Å². The third kappa shape index (κ3) is 5.84. The van der Waals surface area contributed by atoms with Gasteiger partial charge in [-0.05, 0) is 31.9 Å². The Bertz CT molecular complexity index is 728. The minimum Gasteiger partial charge on any atom is -0.460 e. The number of carbonyl (C=O) groups is 3. The van der Waals surface area contributed by atoms with E-state index < -0.39 is 23.5 Å². The largest absolute Gasteiger partial charge is 0.460 e. The van der Waals surface area contributed by atoms with Crippen molar-refractivity contribution in [2.24, 2.45) is 0 Å². The average molecular weight is 373 g/mol. The minimum atomic E-state index is -0.953. The van der Waals surface area contributed by atoms with Crippen molar-refractivity contribution in [1.82, 2.24) is 4.90 Å². The zero-order chi connectivity index (χ0) is 19.6. The molecule has 0 spiro atoms. The number of hydrogen-bond donors (Lipinski definition) is 0. The zero-order valence-corrected chi connectivity index (χ0v) is 15.3. The monoisotopic (exact) mass is 373 g/mol. The van der Waals surface area contributed by atoms with E-state index in [4.69, 9.17) is 10.3 Å². The van der Waals surface area contributed by atoms with Crippen molar-refractivity contribution >= 4 is 23.4 Å². The Hall–Kier alpha value is -2.83. The molecule has 0 bridgehead atoms. The Morgan fingerprint density at radius 3 is 2.63 bits per heavy atom. The van der Waals surface area contributed by atoms with Crippen LogP contribution < -0.4 is 0 Å². The summed E-state index contributed by atoms with van der Waals surface area (Å²) < 4.78 is 10.1. The first kappa shape index (κ1) is 20.5. The molecular weight excluding hydrogens is 350 g/mol. The van der Waals surface area contributed by atoms with Gasteiger partial charge in [0.05, 0.1) is 6.61 Å². The second-order valence-corrected chi connectivity index (χ2v) is 6.13. The van der Waals surface area contributed by atoms with Crippen LogP contribution in [-0.4, -0.2) is 58.9 Å². The molecule has 1 heterocycles. The summed E-state index contributed by atoms with van der Waals surface area (Å²) in [5.74, 6) is -1.91. The average Bonchev–Trinajstić information content (AvgIpc) is 3.15. The summed E-state index contributed by atoms with van der Waals surface area (Å²) >= 11 is 0. The fourth-order valence-electron chi connectivity index (χ4n) is 2.96. The van der Waals surface area contributed by atoms with Gasteiger partial charge in [-0.15, -0.1) is 0 Å². The van der Waals surface area contributed by atoms with Crippen LogP contribution in [-0.2, 0) is 30.5 Å². The highest BCUT2D eigenvalue weighted by atomic mass is 16.5. The molecular formula is C19H23N3O5. The van der Waals surface area contributed by atoms with Crippen LogP contribution >= 0.6 is 0 Å². The van der Waals surface area contributed by atoms with E-state index in [0.717, 1.165) is 12.0 Å². The van der Waals surface area contributed by atoms with Gasteiger partial charge in [0.25, 0.3) is 5.78 Å². The van der Waals surface area contributed by atoms with Crippen molar-refractivity contribution in [3.8, 4) is 0 Å². The van der Waals surface area contributed by atoms with Crippen molar-refractivity contribution < 1.29 is 28.6 Å². The van der Waals surface area contributed by atoms with Crippen molar-refractivity contribution in [2.45, 2.75) is 38.8 Å². The summed E-state index contributed by atoms with van der Waals surface area (Å²) in [6.07, 6.45) is 1.42. The summed E-state index contributed by atoms with van der Waals surface area (Å²) in [6, 6.07) is 8.98. The van der Waals surface area contributed by atoms with Gasteiger partial charge in [-0.2, -0.15) is 4.79 Å². The van der Waals surface area contributed by atoms with E-state index in [9.17, 15) is 14.4 Å². The van der Waals surface area contributed by atoms with Crippen molar-refractivity contribution in [3.05, 3.63) is 41.4 Å². The molecule has 0 radical (unpaired) electrons. The molecule has 0 amide bonds. The van der Waals surface area contributed by atoms with Crippen LogP contribution in [0.4, 0.5) is 0 Å². The molecule has 144 valence electrons. The Balaban J connectivity index is 1.86. The van der Waals surface area contributed by atoms with E-state index in [1.165, 1.54) is 0 Å². The lowest BCUT2D eigenvalue weighted by molar-refractivity contribution is -0.150. The molecule has 8 heteroatoms. The van der Waals surface area contributed by atoms with E-state index in [1.54, 1.807) is 6.92 Å². The number of likely N-dealkylation sites (tertiary alicyclic amines) is 1. The molecule has 1 atom stereocenters. The molecule has 0 saturated carbocycles. The topological polar surface area (TPSA) is 109 Å². The SMILES string of the molecule is CCOC(=O)C(=[N+]=[N-])C(=O)CCN1CCC[C@H]1C(=O)OCc1ccccc1. The zero-order valence-electron chi connectivity index (χ0n) is 15.3. The Labute approximate surface area is 157 Å². The lowest BCUT2D eigenvalue weighted by atomic mass is 10.1. The summed E-state index contributed by atoms with van der Waals surface area (Å²) in [6.45, 7) is 2.79. The highest BCUT2D eigenvalue weighted by Gasteiger charge is 2.35. The number of rotatable bonds is 9. The van der Waals surface area contributed by atoms with E-state index >= 15 is 0 Å². The number of hydrogen-bond acceptors (Lipinski definition) is 6. The van der Waals surface area contributed by atoms with Gasteiger partial charge < -0.3 is 15.0 Å². The van der Waals surface area contributed by atoms with Gasteiger partial charge in [-0.3, -0.25) is 14.5 Å². The van der Waals surface area contributed by atoms with Crippen LogP contribution in [0, 0.1) is 0 Å². The van der Waals surface area contributed by atoms with Gasteiger partial charge in [0.15, 0.2) is 0 Å². The molecule has 0 aliphatic carbocycles. The van der Waals surface area contributed by atoms with Gasteiger partial charge in [0.2, 0.25) is 0 Å². The smallest absolute Gasteiger partial charge is 0.441 e. The highest BCUT2D eigenvalue weighted by Crippen LogP contribution is 2.19. The Morgan fingerprint density at radius 1 is 1.22 bits per heavy atom. The van der Waals surface area contributed by atoms with Gasteiger partial charge in [-0.1, -0.05) is 30.3 Å². The number of nitrogens with zero attached hydrogens (tertiary/aromatic N) is 3. The van der Waals surface area contributed by atoms with Crippen LogP contribution in [0.25, 0.3) is 5.53 Å². The molecule has 0 N–H and O–H groups in total. The quantitative estimate of drug-likeness (QED) is 0.213. The molecule has 2 rings (SSSR count). The van der Waals surface area contributed by atoms with Crippen LogP contribution in [0.15, 0.2) is 30.3 Å². The molecule has 1 aliphatic rings. The number of ketones is 1.